The number of fused-ring (bicyclic) bond motifs is 1. The van der Waals surface area contributed by atoms with Crippen LogP contribution < -0.4 is 9.80 Å². The second-order valence-electron chi connectivity index (χ2n) is 5.30. The van der Waals surface area contributed by atoms with E-state index >= 15 is 0 Å². The van der Waals surface area contributed by atoms with Crippen LogP contribution in [0.25, 0.3) is 11.2 Å². The molecule has 3 rings (SSSR count). The average Bonchev–Trinajstić information content (AvgIpc) is 3.00. The summed E-state index contributed by atoms with van der Waals surface area (Å²) in [5, 5.41) is 2.10. The van der Waals surface area contributed by atoms with Crippen molar-refractivity contribution in [2.75, 3.05) is 26.3 Å². The molecule has 0 amide bonds. The van der Waals surface area contributed by atoms with Crippen molar-refractivity contribution in [2.24, 2.45) is 7.05 Å². The summed E-state index contributed by atoms with van der Waals surface area (Å²) in [5.74, 6) is 0.950. The zero-order valence-electron chi connectivity index (χ0n) is 14.4. The van der Waals surface area contributed by atoms with Crippen LogP contribution in [-0.4, -0.2) is 40.8 Å². The molecule has 0 aliphatic carbocycles. The molecule has 0 radical (unpaired) electrons. The number of hydroxylamine groups is 1. The highest BCUT2D eigenvalue weighted by Gasteiger charge is 2.16. The number of hydrogen-bond donors (Lipinski definition) is 0. The zero-order chi connectivity index (χ0) is 18.0. The largest absolute Gasteiger partial charge is 0.494 e. The molecule has 0 aliphatic heterocycles. The number of aryl methyl sites for hydroxylation is 1. The van der Waals surface area contributed by atoms with Crippen molar-refractivity contribution in [1.82, 2.24) is 19.5 Å². The number of aromatic nitrogens is 4. The molecule has 0 atom stereocenters. The summed E-state index contributed by atoms with van der Waals surface area (Å²) in [6, 6.07) is 4.89. The highest BCUT2D eigenvalue weighted by molar-refractivity contribution is 7.98. The molecule has 0 bridgehead atoms. The van der Waals surface area contributed by atoms with E-state index in [1.54, 1.807) is 26.6 Å². The Morgan fingerprint density at radius 2 is 2.08 bits per heavy atom. The third-order valence-electron chi connectivity index (χ3n) is 3.68. The number of hydrogen-bond acceptors (Lipinski definition) is 7. The number of rotatable bonds is 6. The molecule has 25 heavy (non-hydrogen) atoms. The standard InChI is InChI=1S/C16H18FN5O2S/c1-21-9-18-13-14(21)19-16(20-15(13)22(2)24-4)25-8-10-5-6-12(23-3)11(17)7-10/h5-7,9H,8H2,1-4H3. The van der Waals surface area contributed by atoms with E-state index in [9.17, 15) is 4.39 Å². The Balaban J connectivity index is 1.88. The van der Waals surface area contributed by atoms with E-state index in [-0.39, 0.29) is 11.6 Å². The van der Waals surface area contributed by atoms with Crippen molar-refractivity contribution < 1.29 is 14.0 Å². The molecule has 3 aromatic rings. The first-order valence-corrected chi connectivity index (χ1v) is 8.44. The molecule has 0 fully saturated rings. The zero-order valence-corrected chi connectivity index (χ0v) is 15.2. The van der Waals surface area contributed by atoms with E-state index < -0.39 is 0 Å². The lowest BCUT2D eigenvalue weighted by molar-refractivity contribution is 0.182. The predicted molar refractivity (Wildman–Crippen MR) is 94.2 cm³/mol. The number of methoxy groups -OCH3 is 1. The Kier molecular flexibility index (Phi) is 5.05. The van der Waals surface area contributed by atoms with Gasteiger partial charge in [0, 0.05) is 19.8 Å². The number of imidazole rings is 1. The molecule has 0 saturated heterocycles. The molecule has 132 valence electrons. The lowest BCUT2D eigenvalue weighted by atomic mass is 10.2. The van der Waals surface area contributed by atoms with E-state index in [2.05, 4.69) is 15.0 Å². The first-order valence-electron chi connectivity index (χ1n) is 7.45. The Morgan fingerprint density at radius 3 is 2.76 bits per heavy atom. The molecule has 7 nitrogen and oxygen atoms in total. The van der Waals surface area contributed by atoms with Gasteiger partial charge in [-0.2, -0.15) is 0 Å². The van der Waals surface area contributed by atoms with Gasteiger partial charge in [0.15, 0.2) is 33.7 Å². The number of halogens is 1. The van der Waals surface area contributed by atoms with Crippen LogP contribution in [-0.2, 0) is 17.6 Å². The van der Waals surface area contributed by atoms with Crippen LogP contribution in [0.2, 0.25) is 0 Å². The number of nitrogens with zero attached hydrogens (tertiary/aromatic N) is 5. The van der Waals surface area contributed by atoms with E-state index in [4.69, 9.17) is 9.57 Å². The normalized spacial score (nSPS) is 11.1. The van der Waals surface area contributed by atoms with Gasteiger partial charge in [-0.3, -0.25) is 4.84 Å². The Hall–Kier alpha value is -2.39. The molecule has 1 aromatic carbocycles. The fraction of sp³-hybridized carbons (Fsp3) is 0.312. The summed E-state index contributed by atoms with van der Waals surface area (Å²) in [6.07, 6.45) is 1.68. The Bertz CT molecular complexity index is 902. The first-order chi connectivity index (χ1) is 12.0. The van der Waals surface area contributed by atoms with Crippen molar-refractivity contribution in [3.8, 4) is 5.75 Å². The fourth-order valence-electron chi connectivity index (χ4n) is 2.29. The van der Waals surface area contributed by atoms with Gasteiger partial charge in [-0.05, 0) is 17.7 Å². The number of anilines is 1. The molecular weight excluding hydrogens is 345 g/mol. The number of thioether (sulfide) groups is 1. The minimum absolute atomic E-state index is 0.227. The van der Waals surface area contributed by atoms with Crippen LogP contribution >= 0.6 is 11.8 Å². The van der Waals surface area contributed by atoms with Crippen molar-refractivity contribution >= 4 is 28.7 Å². The van der Waals surface area contributed by atoms with Gasteiger partial charge in [-0.1, -0.05) is 17.8 Å². The van der Waals surface area contributed by atoms with E-state index in [0.29, 0.717) is 27.9 Å². The third-order valence-corrected chi connectivity index (χ3v) is 4.60. The van der Waals surface area contributed by atoms with E-state index in [1.807, 2.05) is 17.7 Å². The summed E-state index contributed by atoms with van der Waals surface area (Å²) in [6.45, 7) is 0. The second-order valence-corrected chi connectivity index (χ2v) is 6.24. The highest BCUT2D eigenvalue weighted by atomic mass is 32.2. The average molecular weight is 363 g/mol. The maximum Gasteiger partial charge on any atom is 0.192 e. The summed E-state index contributed by atoms with van der Waals surface area (Å²) >= 11 is 1.41. The molecular formula is C16H18FN5O2S. The molecule has 0 spiro atoms. The van der Waals surface area contributed by atoms with Gasteiger partial charge in [-0.25, -0.2) is 24.4 Å². The SMILES string of the molecule is COc1ccc(CSc2nc(N(C)OC)c3ncn(C)c3n2)cc1F. The van der Waals surface area contributed by atoms with Crippen LogP contribution in [0.4, 0.5) is 10.2 Å². The van der Waals surface area contributed by atoms with Gasteiger partial charge < -0.3 is 9.30 Å². The minimum atomic E-state index is -0.386. The smallest absolute Gasteiger partial charge is 0.192 e. The Morgan fingerprint density at radius 1 is 1.28 bits per heavy atom. The van der Waals surface area contributed by atoms with Gasteiger partial charge in [-0.15, -0.1) is 0 Å². The second kappa shape index (κ2) is 7.24. The van der Waals surface area contributed by atoms with Crippen molar-refractivity contribution in [3.05, 3.63) is 35.9 Å². The quantitative estimate of drug-likeness (QED) is 0.379. The lowest BCUT2D eigenvalue weighted by Gasteiger charge is -2.15. The Labute approximate surface area is 148 Å². The van der Waals surface area contributed by atoms with Gasteiger partial charge >= 0.3 is 0 Å². The minimum Gasteiger partial charge on any atom is -0.494 e. The van der Waals surface area contributed by atoms with Gasteiger partial charge in [0.2, 0.25) is 0 Å². The van der Waals surface area contributed by atoms with Crippen molar-refractivity contribution in [2.45, 2.75) is 10.9 Å². The van der Waals surface area contributed by atoms with Gasteiger partial charge in [0.1, 0.15) is 0 Å². The molecule has 0 N–H and O–H groups in total. The van der Waals surface area contributed by atoms with Gasteiger partial charge in [0.25, 0.3) is 0 Å². The summed E-state index contributed by atoms with van der Waals surface area (Å²) in [5.41, 5.74) is 2.18. The third kappa shape index (κ3) is 3.52. The van der Waals surface area contributed by atoms with Crippen LogP contribution in [0.3, 0.4) is 0 Å². The molecule has 2 heterocycles. The number of benzene rings is 1. The van der Waals surface area contributed by atoms with Gasteiger partial charge in [0.05, 0.1) is 20.5 Å². The summed E-state index contributed by atoms with van der Waals surface area (Å²) < 4.78 is 20.6. The highest BCUT2D eigenvalue weighted by Crippen LogP contribution is 2.28. The van der Waals surface area contributed by atoms with E-state index in [1.165, 1.54) is 30.0 Å². The fourth-order valence-corrected chi connectivity index (χ4v) is 3.07. The van der Waals surface area contributed by atoms with Crippen LogP contribution in [0, 0.1) is 5.82 Å². The van der Waals surface area contributed by atoms with Crippen LogP contribution in [0.5, 0.6) is 5.75 Å². The topological polar surface area (TPSA) is 65.3 Å². The van der Waals surface area contributed by atoms with Crippen LogP contribution in [0.15, 0.2) is 29.7 Å². The summed E-state index contributed by atoms with van der Waals surface area (Å²) in [4.78, 5) is 18.6. The first kappa shape index (κ1) is 17.4. The lowest BCUT2D eigenvalue weighted by Crippen LogP contribution is -2.17. The van der Waals surface area contributed by atoms with Crippen LogP contribution in [0.1, 0.15) is 5.56 Å². The number of ether oxygens (including phenoxy) is 1. The molecule has 0 unspecified atom stereocenters. The van der Waals surface area contributed by atoms with E-state index in [0.717, 1.165) is 5.56 Å². The molecule has 0 saturated carbocycles. The maximum atomic E-state index is 13.8. The molecule has 9 heteroatoms. The molecule has 0 aliphatic rings. The summed E-state index contributed by atoms with van der Waals surface area (Å²) in [7, 11) is 6.62. The van der Waals surface area contributed by atoms with Crippen molar-refractivity contribution in [1.29, 1.82) is 0 Å². The monoisotopic (exact) mass is 363 g/mol. The maximum absolute atomic E-state index is 13.8. The predicted octanol–water partition coefficient (Wildman–Crippen LogP) is 2.80. The molecule has 2 aromatic heterocycles. The van der Waals surface area contributed by atoms with Crippen molar-refractivity contribution in [3.63, 3.8) is 0 Å².